The van der Waals surface area contributed by atoms with Crippen LogP contribution in [0.4, 0.5) is 13.2 Å². The second-order valence-electron chi connectivity index (χ2n) is 5.75. The molecule has 116 valence electrons. The number of nitrogens with one attached hydrogen (secondary N) is 1. The molecule has 2 saturated heterocycles. The summed E-state index contributed by atoms with van der Waals surface area (Å²) < 4.78 is 44.8. The summed E-state index contributed by atoms with van der Waals surface area (Å²) in [6, 6.07) is 2.59. The molecule has 21 heavy (non-hydrogen) atoms. The molecule has 1 N–H and O–H groups in total. The van der Waals surface area contributed by atoms with Gasteiger partial charge in [-0.25, -0.2) is 13.2 Å². The van der Waals surface area contributed by atoms with E-state index in [2.05, 4.69) is 10.2 Å². The third-order valence-electron chi connectivity index (χ3n) is 4.21. The predicted octanol–water partition coefficient (Wildman–Crippen LogP) is 2.06. The van der Waals surface area contributed by atoms with Gasteiger partial charge in [-0.15, -0.1) is 0 Å². The van der Waals surface area contributed by atoms with E-state index in [-0.39, 0.29) is 12.6 Å². The quantitative estimate of drug-likeness (QED) is 0.862. The van der Waals surface area contributed by atoms with Crippen molar-refractivity contribution in [2.45, 2.75) is 31.5 Å². The highest BCUT2D eigenvalue weighted by atomic mass is 19.2. The van der Waals surface area contributed by atoms with E-state index in [1.165, 1.54) is 12.8 Å². The van der Waals surface area contributed by atoms with Gasteiger partial charge in [0.05, 0.1) is 12.7 Å². The van der Waals surface area contributed by atoms with Crippen LogP contribution in [0.3, 0.4) is 0 Å². The fraction of sp³-hybridized carbons (Fsp3) is 0.600. The molecular formula is C15H19F3N2O. The van der Waals surface area contributed by atoms with Gasteiger partial charge in [0.15, 0.2) is 17.5 Å². The summed E-state index contributed by atoms with van der Waals surface area (Å²) in [6.07, 6.45) is 2.52. The number of nitrogens with zero attached hydrogens (tertiary/aromatic N) is 1. The Kier molecular flexibility index (Phi) is 4.47. The molecule has 0 bridgehead atoms. The number of morpholine rings is 1. The Morgan fingerprint density at radius 3 is 2.76 bits per heavy atom. The minimum atomic E-state index is -1.42. The van der Waals surface area contributed by atoms with Crippen molar-refractivity contribution in [3.63, 3.8) is 0 Å². The molecule has 0 aromatic heterocycles. The molecule has 1 aromatic rings. The van der Waals surface area contributed by atoms with Crippen LogP contribution in [-0.4, -0.2) is 43.3 Å². The Morgan fingerprint density at radius 2 is 2.00 bits per heavy atom. The molecule has 2 atom stereocenters. The Labute approximate surface area is 122 Å². The molecule has 6 heteroatoms. The van der Waals surface area contributed by atoms with Gasteiger partial charge in [0.1, 0.15) is 0 Å². The molecule has 2 aliphatic rings. The fourth-order valence-electron chi connectivity index (χ4n) is 3.10. The van der Waals surface area contributed by atoms with Gasteiger partial charge in [-0.3, -0.25) is 4.90 Å². The smallest absolute Gasteiger partial charge is 0.194 e. The van der Waals surface area contributed by atoms with Gasteiger partial charge in [-0.05, 0) is 37.1 Å². The lowest BCUT2D eigenvalue weighted by molar-refractivity contribution is -0.0470. The second kappa shape index (κ2) is 6.34. The van der Waals surface area contributed by atoms with Crippen LogP contribution in [0.2, 0.25) is 0 Å². The van der Waals surface area contributed by atoms with Gasteiger partial charge in [-0.2, -0.15) is 0 Å². The molecular weight excluding hydrogens is 281 g/mol. The number of rotatable bonds is 4. The first kappa shape index (κ1) is 14.8. The number of fused-ring (bicyclic) bond motifs is 1. The third-order valence-corrected chi connectivity index (χ3v) is 4.21. The van der Waals surface area contributed by atoms with E-state index >= 15 is 0 Å². The molecule has 2 aliphatic heterocycles. The molecule has 2 heterocycles. The molecule has 2 unspecified atom stereocenters. The average Bonchev–Trinajstić information content (AvgIpc) is 2.92. The molecule has 1 aromatic carbocycles. The summed E-state index contributed by atoms with van der Waals surface area (Å²) >= 11 is 0. The lowest BCUT2D eigenvalue weighted by Gasteiger charge is -2.35. The fourth-order valence-corrected chi connectivity index (χ4v) is 3.10. The molecule has 0 saturated carbocycles. The molecule has 0 spiro atoms. The summed E-state index contributed by atoms with van der Waals surface area (Å²) in [5.41, 5.74) is 0.390. The normalized spacial score (nSPS) is 26.0. The van der Waals surface area contributed by atoms with Crippen LogP contribution in [-0.2, 0) is 11.3 Å². The van der Waals surface area contributed by atoms with Crippen molar-refractivity contribution in [1.82, 2.24) is 10.2 Å². The molecule has 0 amide bonds. The first-order valence-electron chi connectivity index (χ1n) is 7.33. The number of halogens is 3. The minimum absolute atomic E-state index is 0.0921. The van der Waals surface area contributed by atoms with Crippen molar-refractivity contribution in [2.24, 2.45) is 0 Å². The van der Waals surface area contributed by atoms with Crippen LogP contribution in [0.5, 0.6) is 0 Å². The van der Waals surface area contributed by atoms with E-state index < -0.39 is 17.5 Å². The van der Waals surface area contributed by atoms with Gasteiger partial charge in [0.25, 0.3) is 0 Å². The Hall–Kier alpha value is -1.11. The van der Waals surface area contributed by atoms with Crippen molar-refractivity contribution < 1.29 is 17.9 Å². The zero-order chi connectivity index (χ0) is 14.8. The number of hydrogen-bond donors (Lipinski definition) is 1. The summed E-state index contributed by atoms with van der Waals surface area (Å²) in [4.78, 5) is 2.44. The van der Waals surface area contributed by atoms with Gasteiger partial charge in [-0.1, -0.05) is 0 Å². The van der Waals surface area contributed by atoms with Crippen LogP contribution in [0.25, 0.3) is 0 Å². The average molecular weight is 300 g/mol. The SMILES string of the molecule is Fc1cc(CNCC2CN3CCCC3CO2)cc(F)c1F. The monoisotopic (exact) mass is 300 g/mol. The summed E-state index contributed by atoms with van der Waals surface area (Å²) in [5, 5.41) is 3.12. The van der Waals surface area contributed by atoms with E-state index in [0.29, 0.717) is 18.2 Å². The number of ether oxygens (including phenoxy) is 1. The first-order valence-corrected chi connectivity index (χ1v) is 7.33. The van der Waals surface area contributed by atoms with E-state index in [0.717, 1.165) is 31.8 Å². The zero-order valence-corrected chi connectivity index (χ0v) is 11.7. The van der Waals surface area contributed by atoms with Crippen LogP contribution in [0.1, 0.15) is 18.4 Å². The molecule has 2 fully saturated rings. The first-order chi connectivity index (χ1) is 10.1. The summed E-state index contributed by atoms with van der Waals surface area (Å²) in [6.45, 7) is 3.68. The van der Waals surface area contributed by atoms with E-state index in [4.69, 9.17) is 4.74 Å². The highest BCUT2D eigenvalue weighted by molar-refractivity contribution is 5.19. The third kappa shape index (κ3) is 3.39. The van der Waals surface area contributed by atoms with Crippen molar-refractivity contribution in [3.05, 3.63) is 35.1 Å². The van der Waals surface area contributed by atoms with Crippen LogP contribution >= 0.6 is 0 Å². The molecule has 0 radical (unpaired) electrons. The largest absolute Gasteiger partial charge is 0.374 e. The van der Waals surface area contributed by atoms with Crippen molar-refractivity contribution in [3.8, 4) is 0 Å². The Bertz CT molecular complexity index is 489. The van der Waals surface area contributed by atoms with E-state index in [1.54, 1.807) is 0 Å². The summed E-state index contributed by atoms with van der Waals surface area (Å²) in [5.74, 6) is -3.73. The van der Waals surface area contributed by atoms with Crippen LogP contribution < -0.4 is 5.32 Å². The molecule has 3 rings (SSSR count). The predicted molar refractivity (Wildman–Crippen MR) is 72.4 cm³/mol. The number of benzene rings is 1. The lowest BCUT2D eigenvalue weighted by Crippen LogP contribution is -2.49. The van der Waals surface area contributed by atoms with Crippen LogP contribution in [0.15, 0.2) is 12.1 Å². The van der Waals surface area contributed by atoms with Gasteiger partial charge >= 0.3 is 0 Å². The molecule has 0 aliphatic carbocycles. The Balaban J connectivity index is 1.48. The standard InChI is InChI=1S/C15H19F3N2O/c16-13-4-10(5-14(17)15(13)18)6-19-7-12-8-20-3-1-2-11(20)9-21-12/h4-5,11-12,19H,1-3,6-9H2. The van der Waals surface area contributed by atoms with Crippen LogP contribution in [0, 0.1) is 17.5 Å². The maximum Gasteiger partial charge on any atom is 0.194 e. The maximum atomic E-state index is 13.1. The summed E-state index contributed by atoms with van der Waals surface area (Å²) in [7, 11) is 0. The van der Waals surface area contributed by atoms with Gasteiger partial charge in [0.2, 0.25) is 0 Å². The highest BCUT2D eigenvalue weighted by Crippen LogP contribution is 2.22. The van der Waals surface area contributed by atoms with Crippen molar-refractivity contribution in [2.75, 3.05) is 26.2 Å². The second-order valence-corrected chi connectivity index (χ2v) is 5.75. The minimum Gasteiger partial charge on any atom is -0.374 e. The highest BCUT2D eigenvalue weighted by Gasteiger charge is 2.31. The maximum absolute atomic E-state index is 13.1. The topological polar surface area (TPSA) is 24.5 Å². The molecule has 3 nitrogen and oxygen atoms in total. The Morgan fingerprint density at radius 1 is 1.24 bits per heavy atom. The van der Waals surface area contributed by atoms with Crippen molar-refractivity contribution >= 4 is 0 Å². The van der Waals surface area contributed by atoms with E-state index in [9.17, 15) is 13.2 Å². The van der Waals surface area contributed by atoms with Gasteiger partial charge < -0.3 is 10.1 Å². The lowest BCUT2D eigenvalue weighted by atomic mass is 10.1. The number of hydrogen-bond acceptors (Lipinski definition) is 3. The zero-order valence-electron chi connectivity index (χ0n) is 11.7. The van der Waals surface area contributed by atoms with Gasteiger partial charge in [0, 0.05) is 25.7 Å². The van der Waals surface area contributed by atoms with E-state index in [1.807, 2.05) is 0 Å². The van der Waals surface area contributed by atoms with Crippen molar-refractivity contribution in [1.29, 1.82) is 0 Å².